The third-order valence-corrected chi connectivity index (χ3v) is 12.2. The van der Waals surface area contributed by atoms with Gasteiger partial charge in [-0.3, -0.25) is 19.1 Å². The van der Waals surface area contributed by atoms with Gasteiger partial charge in [-0.1, -0.05) is 33.8 Å². The third-order valence-electron chi connectivity index (χ3n) is 10.0. The Labute approximate surface area is 311 Å². The molecule has 15 nitrogen and oxygen atoms in total. The van der Waals surface area contributed by atoms with E-state index >= 15 is 0 Å². The van der Waals surface area contributed by atoms with Gasteiger partial charge in [-0.2, -0.15) is 0 Å². The summed E-state index contributed by atoms with van der Waals surface area (Å²) in [5.41, 5.74) is -1.51. The number of nitrogens with zero attached hydrogens (tertiary/aromatic N) is 3. The average molecular weight is 757 g/mol. The van der Waals surface area contributed by atoms with Gasteiger partial charge in [0.15, 0.2) is 0 Å². The Bertz CT molecular complexity index is 1920. The van der Waals surface area contributed by atoms with E-state index in [2.05, 4.69) is 21.9 Å². The largest absolute Gasteiger partial charge is 0.497 e. The van der Waals surface area contributed by atoms with Crippen LogP contribution in [0.1, 0.15) is 86.8 Å². The Morgan fingerprint density at radius 3 is 2.32 bits per heavy atom. The molecule has 2 aliphatic carbocycles. The molecule has 5 rings (SSSR count). The number of fused-ring (bicyclic) bond motifs is 1. The van der Waals surface area contributed by atoms with Crippen molar-refractivity contribution in [3.8, 4) is 11.6 Å². The highest BCUT2D eigenvalue weighted by Gasteiger charge is 2.63. The van der Waals surface area contributed by atoms with Crippen LogP contribution < -0.4 is 24.8 Å². The predicted molar refractivity (Wildman–Crippen MR) is 196 cm³/mol. The molecule has 1 unspecified atom stereocenters. The van der Waals surface area contributed by atoms with Crippen molar-refractivity contribution in [2.45, 2.75) is 122 Å². The molecule has 5 atom stereocenters. The van der Waals surface area contributed by atoms with Gasteiger partial charge in [0.1, 0.15) is 40.8 Å². The highest BCUT2D eigenvalue weighted by Crippen LogP contribution is 2.47. The monoisotopic (exact) mass is 756 g/mol. The normalized spacial score (nSPS) is 24.1. The number of carbonyl (C=O) groups is 4. The number of rotatable bonds is 12. The van der Waals surface area contributed by atoms with Gasteiger partial charge in [0.2, 0.25) is 27.7 Å². The predicted octanol–water partition coefficient (Wildman–Crippen LogP) is 3.55. The maximum Gasteiger partial charge on any atom is 0.408 e. The summed E-state index contributed by atoms with van der Waals surface area (Å²) in [5.74, 6) is -1.85. The second-order valence-corrected chi connectivity index (χ2v) is 18.7. The molecule has 0 radical (unpaired) electrons. The summed E-state index contributed by atoms with van der Waals surface area (Å²) >= 11 is 0. The van der Waals surface area contributed by atoms with Gasteiger partial charge in [-0.05, 0) is 70.9 Å². The number of aromatic nitrogens is 2. The number of benzene rings is 1. The molecule has 2 aromatic rings. The van der Waals surface area contributed by atoms with Crippen molar-refractivity contribution < 1.29 is 41.8 Å². The van der Waals surface area contributed by atoms with Gasteiger partial charge in [0.25, 0.3) is 5.91 Å². The zero-order valence-electron chi connectivity index (χ0n) is 32.0. The number of nitrogens with one attached hydrogen (secondary N) is 3. The van der Waals surface area contributed by atoms with Crippen LogP contribution in [0.25, 0.3) is 11.0 Å². The summed E-state index contributed by atoms with van der Waals surface area (Å²) in [7, 11) is -2.46. The number of carbonyl (C=O) groups excluding carboxylic acids is 4. The topological polar surface area (TPSA) is 195 Å². The fourth-order valence-electron chi connectivity index (χ4n) is 6.40. The fraction of sp³-hybridized carbons (Fsp3) is 0.622. The second kappa shape index (κ2) is 14.1. The van der Waals surface area contributed by atoms with E-state index in [0.717, 1.165) is 0 Å². The van der Waals surface area contributed by atoms with E-state index in [1.807, 2.05) is 6.92 Å². The molecular formula is C37H52N6O9S. The molecule has 4 amide bonds. The van der Waals surface area contributed by atoms with E-state index in [4.69, 9.17) is 24.2 Å². The van der Waals surface area contributed by atoms with Crippen molar-refractivity contribution in [1.82, 2.24) is 30.2 Å². The second-order valence-electron chi connectivity index (χ2n) is 16.5. The molecular weight excluding hydrogens is 705 g/mol. The lowest BCUT2D eigenvalue weighted by atomic mass is 9.85. The lowest BCUT2D eigenvalue weighted by molar-refractivity contribution is -0.143. The van der Waals surface area contributed by atoms with Crippen LogP contribution in [-0.2, 0) is 35.6 Å². The summed E-state index contributed by atoms with van der Waals surface area (Å²) in [4.78, 5) is 66.2. The van der Waals surface area contributed by atoms with Crippen molar-refractivity contribution in [2.75, 3.05) is 13.7 Å². The van der Waals surface area contributed by atoms with Gasteiger partial charge in [-0.15, -0.1) is 6.58 Å². The van der Waals surface area contributed by atoms with Crippen molar-refractivity contribution in [1.29, 1.82) is 0 Å². The first-order valence-corrected chi connectivity index (χ1v) is 19.4. The molecule has 16 heteroatoms. The van der Waals surface area contributed by atoms with E-state index in [1.165, 1.54) is 11.0 Å². The fourth-order valence-corrected chi connectivity index (χ4v) is 7.71. The van der Waals surface area contributed by atoms with Gasteiger partial charge in [-0.25, -0.2) is 23.2 Å². The van der Waals surface area contributed by atoms with Crippen LogP contribution >= 0.6 is 0 Å². The van der Waals surface area contributed by atoms with Crippen molar-refractivity contribution in [3.05, 3.63) is 36.5 Å². The molecule has 1 aromatic heterocycles. The van der Waals surface area contributed by atoms with Gasteiger partial charge in [0, 0.05) is 18.4 Å². The summed E-state index contributed by atoms with van der Waals surface area (Å²) in [5, 5.41) is 5.49. The number of likely N-dealkylation sites (tertiary alicyclic amines) is 1. The van der Waals surface area contributed by atoms with Gasteiger partial charge >= 0.3 is 6.09 Å². The van der Waals surface area contributed by atoms with Crippen molar-refractivity contribution in [3.63, 3.8) is 0 Å². The van der Waals surface area contributed by atoms with Crippen LogP contribution in [0.2, 0.25) is 0 Å². The Morgan fingerprint density at radius 2 is 1.77 bits per heavy atom. The molecule has 0 spiro atoms. The van der Waals surface area contributed by atoms with E-state index in [9.17, 15) is 27.6 Å². The van der Waals surface area contributed by atoms with Crippen LogP contribution in [0.15, 0.2) is 30.9 Å². The molecule has 3 fully saturated rings. The molecule has 1 aliphatic heterocycles. The molecule has 0 bridgehead atoms. The van der Waals surface area contributed by atoms with Crippen LogP contribution in [0.4, 0.5) is 4.79 Å². The zero-order valence-corrected chi connectivity index (χ0v) is 32.8. The lowest BCUT2D eigenvalue weighted by Gasteiger charge is -2.36. The summed E-state index contributed by atoms with van der Waals surface area (Å²) < 4.78 is 44.4. The third kappa shape index (κ3) is 8.36. The SMILES string of the molecule is C=CC1C[C@]1(NC(=O)[C@@H]1C[C@@H](Oc2nc3cc(OC)ccc3nc2CC)CN1C(=O)[C@@H](NC(=O)OC(C)(C)C)C(C)(C)C)C(=O)NS(=O)(=O)C1(C)CC1. The molecule has 1 aromatic carbocycles. The summed E-state index contributed by atoms with van der Waals surface area (Å²) in [6.07, 6.45) is 1.38. The highest BCUT2D eigenvalue weighted by molar-refractivity contribution is 7.91. The molecule has 3 aliphatic rings. The molecule has 3 N–H and O–H groups in total. The minimum Gasteiger partial charge on any atom is -0.497 e. The van der Waals surface area contributed by atoms with E-state index < -0.39 is 79.2 Å². The summed E-state index contributed by atoms with van der Waals surface area (Å²) in [6, 6.07) is 2.99. The number of sulfonamides is 1. The number of methoxy groups -OCH3 is 1. The first-order valence-electron chi connectivity index (χ1n) is 17.9. The van der Waals surface area contributed by atoms with Crippen molar-refractivity contribution >= 4 is 44.9 Å². The Balaban J connectivity index is 1.47. The standard InChI is InChI=1S/C37H52N6O9S/c1-11-21-19-37(21,32(46)42-53(48,49)36(9)15-16-36)41-29(44)27-18-23(51-30-24(12-2)38-25-14-13-22(50-10)17-26(25)39-30)20-43(27)31(45)28(34(3,4)5)40-33(47)52-35(6,7)8/h11,13-14,17,21,23,27-28H,1,12,15-16,18-20H2,2-10H3,(H,40,47)(H,41,44)(H,42,46)/t21?,23-,27+,28-,37-/m1/s1. The molecule has 1 saturated heterocycles. The smallest absolute Gasteiger partial charge is 0.408 e. The van der Waals surface area contributed by atoms with E-state index in [0.29, 0.717) is 41.7 Å². The van der Waals surface area contributed by atoms with E-state index in [-0.39, 0.29) is 25.3 Å². The number of alkyl carbamates (subject to hydrolysis) is 1. The van der Waals surface area contributed by atoms with Crippen LogP contribution in [-0.4, -0.2) is 94.8 Å². The Kier molecular flexibility index (Phi) is 10.5. The molecule has 2 heterocycles. The van der Waals surface area contributed by atoms with Crippen LogP contribution in [0.3, 0.4) is 0 Å². The number of hydrogen-bond donors (Lipinski definition) is 3. The first kappa shape index (κ1) is 39.7. The number of hydrogen-bond acceptors (Lipinski definition) is 11. The number of aryl methyl sites for hydroxylation is 1. The first-order chi connectivity index (χ1) is 24.6. The van der Waals surface area contributed by atoms with Gasteiger partial charge in [0.05, 0.1) is 29.4 Å². The molecule has 290 valence electrons. The Hall–Kier alpha value is -4.47. The summed E-state index contributed by atoms with van der Waals surface area (Å²) in [6.45, 7) is 17.6. The van der Waals surface area contributed by atoms with Crippen LogP contribution in [0.5, 0.6) is 11.6 Å². The quantitative estimate of drug-likeness (QED) is 0.268. The van der Waals surface area contributed by atoms with E-state index in [1.54, 1.807) is 73.8 Å². The maximum absolute atomic E-state index is 14.5. The molecule has 53 heavy (non-hydrogen) atoms. The molecule has 2 saturated carbocycles. The maximum atomic E-state index is 14.5. The van der Waals surface area contributed by atoms with Crippen LogP contribution in [0, 0.1) is 11.3 Å². The zero-order chi connectivity index (χ0) is 39.3. The minimum absolute atomic E-state index is 0.00528. The van der Waals surface area contributed by atoms with Crippen molar-refractivity contribution in [2.24, 2.45) is 11.3 Å². The Morgan fingerprint density at radius 1 is 1.09 bits per heavy atom. The number of amides is 4. The van der Waals surface area contributed by atoms with Gasteiger partial charge < -0.3 is 29.7 Å². The highest BCUT2D eigenvalue weighted by atomic mass is 32.2. The lowest BCUT2D eigenvalue weighted by Crippen LogP contribution is -2.60. The number of ether oxygens (including phenoxy) is 3. The average Bonchev–Trinajstić information content (AvgIpc) is 3.95. The minimum atomic E-state index is -4.00.